The quantitative estimate of drug-likeness (QED) is 0.567. The molecule has 0 N–H and O–H groups in total. The molecule has 1 aromatic rings. The second kappa shape index (κ2) is 6.92. The number of rotatable bonds is 6. The zero-order valence-electron chi connectivity index (χ0n) is 13.9. The fourth-order valence-electron chi connectivity index (χ4n) is 3.00. The van der Waals surface area contributed by atoms with Crippen molar-refractivity contribution in [2.45, 2.75) is 19.8 Å². The molecule has 0 bridgehead atoms. The molecule has 0 aliphatic carbocycles. The Balaban J connectivity index is 1.79. The van der Waals surface area contributed by atoms with Gasteiger partial charge in [0, 0.05) is 26.1 Å². The van der Waals surface area contributed by atoms with Crippen LogP contribution in [-0.4, -0.2) is 59.8 Å². The highest BCUT2D eigenvalue weighted by Crippen LogP contribution is 2.31. The van der Waals surface area contributed by atoms with Gasteiger partial charge < -0.3 is 9.64 Å². The normalized spacial score (nSPS) is 17.9. The summed E-state index contributed by atoms with van der Waals surface area (Å²) in [5.41, 5.74) is 0.243. The van der Waals surface area contributed by atoms with Crippen LogP contribution in [-0.2, 0) is 14.4 Å². The lowest BCUT2D eigenvalue weighted by Gasteiger charge is -2.20. The van der Waals surface area contributed by atoms with Gasteiger partial charge in [-0.25, -0.2) is 9.69 Å². The number of amides is 5. The van der Waals surface area contributed by atoms with E-state index < -0.39 is 17.8 Å². The number of urea groups is 1. The lowest BCUT2D eigenvalue weighted by Crippen LogP contribution is -2.40. The van der Waals surface area contributed by atoms with E-state index in [9.17, 15) is 19.2 Å². The van der Waals surface area contributed by atoms with E-state index in [1.165, 1.54) is 0 Å². The molecule has 25 heavy (non-hydrogen) atoms. The zero-order valence-corrected chi connectivity index (χ0v) is 13.9. The van der Waals surface area contributed by atoms with Crippen molar-refractivity contribution < 1.29 is 23.9 Å². The Hall–Kier alpha value is -2.90. The fourth-order valence-corrected chi connectivity index (χ4v) is 3.00. The highest BCUT2D eigenvalue weighted by atomic mass is 16.5. The van der Waals surface area contributed by atoms with Crippen molar-refractivity contribution in [3.63, 3.8) is 0 Å². The molecule has 0 unspecified atom stereocenters. The van der Waals surface area contributed by atoms with Crippen LogP contribution in [0.15, 0.2) is 24.3 Å². The van der Waals surface area contributed by atoms with Gasteiger partial charge in [-0.3, -0.25) is 19.3 Å². The number of nitrogens with zero attached hydrogens (tertiary/aromatic N) is 3. The average molecular weight is 345 g/mol. The van der Waals surface area contributed by atoms with Crippen molar-refractivity contribution >= 4 is 29.4 Å². The summed E-state index contributed by atoms with van der Waals surface area (Å²) in [4.78, 5) is 52.1. The lowest BCUT2D eigenvalue weighted by atomic mass is 10.2. The molecule has 0 saturated carbocycles. The van der Waals surface area contributed by atoms with E-state index in [1.807, 2.05) is 0 Å². The van der Waals surface area contributed by atoms with Gasteiger partial charge in [0.25, 0.3) is 0 Å². The molecule has 8 nitrogen and oxygen atoms in total. The molecule has 2 saturated heterocycles. The third kappa shape index (κ3) is 3.07. The van der Waals surface area contributed by atoms with Gasteiger partial charge in [0.1, 0.15) is 5.75 Å². The average Bonchev–Trinajstić information content (AvgIpc) is 3.09. The van der Waals surface area contributed by atoms with Crippen LogP contribution in [0.4, 0.5) is 10.5 Å². The number of imide groups is 2. The van der Waals surface area contributed by atoms with Gasteiger partial charge in [-0.05, 0) is 25.5 Å². The second-order valence-corrected chi connectivity index (χ2v) is 5.77. The Kier molecular flexibility index (Phi) is 4.69. The highest BCUT2D eigenvalue weighted by molar-refractivity contribution is 6.53. The molecule has 132 valence electrons. The number of carbonyl (C=O) groups is 4. The third-order valence-electron chi connectivity index (χ3n) is 4.22. The molecule has 2 heterocycles. The van der Waals surface area contributed by atoms with Crippen LogP contribution in [0, 0.1) is 0 Å². The lowest BCUT2D eigenvalue weighted by molar-refractivity contribution is -0.139. The topological polar surface area (TPSA) is 87.2 Å². The van der Waals surface area contributed by atoms with Crippen molar-refractivity contribution in [1.29, 1.82) is 0 Å². The standard InChI is InChI=1S/C17H19N3O5/c1-2-25-13-7-4-3-6-12(13)20-16(23)15(22)19(17(20)24)11-10-18-9-5-8-14(18)21/h3-4,6-7H,2,5,8-11H2,1H3. The maximum absolute atomic E-state index is 12.6. The van der Waals surface area contributed by atoms with Crippen LogP contribution in [0.3, 0.4) is 0 Å². The molecule has 2 aliphatic heterocycles. The van der Waals surface area contributed by atoms with Crippen molar-refractivity contribution in [2.24, 2.45) is 0 Å². The molecule has 2 aliphatic rings. The van der Waals surface area contributed by atoms with Crippen LogP contribution < -0.4 is 9.64 Å². The summed E-state index contributed by atoms with van der Waals surface area (Å²) in [5.74, 6) is -1.44. The summed E-state index contributed by atoms with van der Waals surface area (Å²) >= 11 is 0. The fraction of sp³-hybridized carbons (Fsp3) is 0.412. The molecule has 8 heteroatoms. The molecular formula is C17H19N3O5. The van der Waals surface area contributed by atoms with E-state index >= 15 is 0 Å². The SMILES string of the molecule is CCOc1ccccc1N1C(=O)C(=O)N(CCN2CCCC2=O)C1=O. The van der Waals surface area contributed by atoms with E-state index in [-0.39, 0.29) is 24.7 Å². The largest absolute Gasteiger partial charge is 0.492 e. The van der Waals surface area contributed by atoms with Crippen molar-refractivity contribution in [3.8, 4) is 5.75 Å². The molecule has 0 spiro atoms. The third-order valence-corrected chi connectivity index (χ3v) is 4.22. The molecule has 2 fully saturated rings. The Morgan fingerprint density at radius 1 is 1.04 bits per heavy atom. The number of ether oxygens (including phenoxy) is 1. The van der Waals surface area contributed by atoms with Crippen LogP contribution in [0.2, 0.25) is 0 Å². The first-order chi connectivity index (χ1) is 12.0. The van der Waals surface area contributed by atoms with Crippen molar-refractivity contribution in [3.05, 3.63) is 24.3 Å². The Morgan fingerprint density at radius 2 is 1.80 bits per heavy atom. The highest BCUT2D eigenvalue weighted by Gasteiger charge is 2.46. The number of hydrogen-bond acceptors (Lipinski definition) is 5. The second-order valence-electron chi connectivity index (χ2n) is 5.77. The Bertz CT molecular complexity index is 733. The van der Waals surface area contributed by atoms with Crippen LogP contribution >= 0.6 is 0 Å². The molecule has 5 amide bonds. The smallest absolute Gasteiger partial charge is 0.339 e. The summed E-state index contributed by atoms with van der Waals surface area (Å²) in [7, 11) is 0. The monoisotopic (exact) mass is 345 g/mol. The summed E-state index contributed by atoms with van der Waals surface area (Å²) in [6, 6.07) is 5.86. The zero-order chi connectivity index (χ0) is 18.0. The first-order valence-electron chi connectivity index (χ1n) is 8.24. The van der Waals surface area contributed by atoms with Gasteiger partial charge in [0.15, 0.2) is 0 Å². The molecular weight excluding hydrogens is 326 g/mol. The van der Waals surface area contributed by atoms with E-state index in [0.717, 1.165) is 16.2 Å². The van der Waals surface area contributed by atoms with Gasteiger partial charge in [0.05, 0.1) is 12.3 Å². The number of benzene rings is 1. The van der Waals surface area contributed by atoms with Crippen LogP contribution in [0.5, 0.6) is 5.75 Å². The first-order valence-corrected chi connectivity index (χ1v) is 8.24. The predicted molar refractivity (Wildman–Crippen MR) is 88.0 cm³/mol. The van der Waals surface area contributed by atoms with Gasteiger partial charge in [-0.2, -0.15) is 0 Å². The van der Waals surface area contributed by atoms with Gasteiger partial charge in [0.2, 0.25) is 5.91 Å². The maximum atomic E-state index is 12.6. The first kappa shape index (κ1) is 16.9. The van der Waals surface area contributed by atoms with E-state index in [1.54, 1.807) is 36.1 Å². The number of hydrogen-bond donors (Lipinski definition) is 0. The maximum Gasteiger partial charge on any atom is 0.339 e. The summed E-state index contributed by atoms with van der Waals surface area (Å²) in [6.07, 6.45) is 1.25. The summed E-state index contributed by atoms with van der Waals surface area (Å²) in [6.45, 7) is 3.00. The van der Waals surface area contributed by atoms with Crippen LogP contribution in [0.1, 0.15) is 19.8 Å². The summed E-state index contributed by atoms with van der Waals surface area (Å²) in [5, 5.41) is 0. The molecule has 3 rings (SSSR count). The summed E-state index contributed by atoms with van der Waals surface area (Å²) < 4.78 is 5.44. The van der Waals surface area contributed by atoms with E-state index in [4.69, 9.17) is 4.74 Å². The van der Waals surface area contributed by atoms with Gasteiger partial charge in [-0.1, -0.05) is 12.1 Å². The van der Waals surface area contributed by atoms with Gasteiger partial charge >= 0.3 is 17.8 Å². The molecule has 1 aromatic carbocycles. The number of anilines is 1. The van der Waals surface area contributed by atoms with E-state index in [2.05, 4.69) is 0 Å². The molecule has 0 aromatic heterocycles. The van der Waals surface area contributed by atoms with Crippen molar-refractivity contribution in [2.75, 3.05) is 31.1 Å². The van der Waals surface area contributed by atoms with Crippen molar-refractivity contribution in [1.82, 2.24) is 9.80 Å². The minimum Gasteiger partial charge on any atom is -0.492 e. The molecule has 0 radical (unpaired) electrons. The Labute approximate surface area is 144 Å². The van der Waals surface area contributed by atoms with Gasteiger partial charge in [-0.15, -0.1) is 0 Å². The number of likely N-dealkylation sites (tertiary alicyclic amines) is 1. The molecule has 0 atom stereocenters. The number of carbonyl (C=O) groups excluding carboxylic acids is 4. The minimum atomic E-state index is -0.912. The predicted octanol–water partition coefficient (Wildman–Crippen LogP) is 1.00. The van der Waals surface area contributed by atoms with E-state index in [0.29, 0.717) is 25.3 Å². The number of para-hydroxylation sites is 2. The minimum absolute atomic E-state index is 0.00243. The Morgan fingerprint density at radius 3 is 2.48 bits per heavy atom. The van der Waals surface area contributed by atoms with Crippen LogP contribution in [0.25, 0.3) is 0 Å².